The molecule has 3 unspecified atom stereocenters. The molecule has 0 amide bonds. The molecule has 34 heavy (non-hydrogen) atoms. The number of aryl methyl sites for hydroxylation is 2. The number of benzene rings is 2. The molecule has 0 bridgehead atoms. The molecule has 0 heterocycles. The molecule has 4 nitrogen and oxygen atoms in total. The van der Waals surface area contributed by atoms with Crippen LogP contribution in [0.2, 0.25) is 0 Å². The van der Waals surface area contributed by atoms with E-state index in [9.17, 15) is 9.59 Å². The second kappa shape index (κ2) is 14.6. The predicted molar refractivity (Wildman–Crippen MR) is 138 cm³/mol. The van der Waals surface area contributed by atoms with Gasteiger partial charge in [0, 0.05) is 5.92 Å². The van der Waals surface area contributed by atoms with Gasteiger partial charge in [0.15, 0.2) is 0 Å². The summed E-state index contributed by atoms with van der Waals surface area (Å²) >= 11 is 0. The molecule has 0 fully saturated rings. The van der Waals surface area contributed by atoms with Gasteiger partial charge in [-0.3, -0.25) is 0 Å². The summed E-state index contributed by atoms with van der Waals surface area (Å²) in [7, 11) is 0. The van der Waals surface area contributed by atoms with Gasteiger partial charge in [-0.15, -0.1) is 0 Å². The van der Waals surface area contributed by atoms with E-state index in [0.717, 1.165) is 44.9 Å². The van der Waals surface area contributed by atoms with Gasteiger partial charge in [-0.25, -0.2) is 9.59 Å². The van der Waals surface area contributed by atoms with Crippen LogP contribution in [-0.4, -0.2) is 24.1 Å². The van der Waals surface area contributed by atoms with Crippen LogP contribution in [0.1, 0.15) is 105 Å². The van der Waals surface area contributed by atoms with Crippen molar-refractivity contribution in [2.75, 3.05) is 0 Å². The van der Waals surface area contributed by atoms with Crippen molar-refractivity contribution in [3.63, 3.8) is 0 Å². The Labute approximate surface area is 206 Å². The normalized spacial score (nSPS) is 13.7. The van der Waals surface area contributed by atoms with E-state index >= 15 is 0 Å². The average Bonchev–Trinajstić information content (AvgIpc) is 2.86. The molecule has 0 aromatic heterocycles. The summed E-state index contributed by atoms with van der Waals surface area (Å²) in [5.41, 5.74) is 3.57. The fourth-order valence-electron chi connectivity index (χ4n) is 4.28. The highest BCUT2D eigenvalue weighted by molar-refractivity contribution is 5.90. The molecular formula is C30H42O4. The molecule has 0 aliphatic rings. The van der Waals surface area contributed by atoms with E-state index in [2.05, 4.69) is 13.8 Å². The monoisotopic (exact) mass is 466 g/mol. The maximum Gasteiger partial charge on any atom is 0.338 e. The molecule has 2 aromatic rings. The Morgan fingerprint density at radius 3 is 1.50 bits per heavy atom. The van der Waals surface area contributed by atoms with Gasteiger partial charge in [0.05, 0.1) is 11.1 Å². The first-order valence-electron chi connectivity index (χ1n) is 13.0. The lowest BCUT2D eigenvalue weighted by Gasteiger charge is -2.30. The van der Waals surface area contributed by atoms with E-state index in [1.165, 1.54) is 11.1 Å². The van der Waals surface area contributed by atoms with E-state index in [4.69, 9.17) is 9.47 Å². The predicted octanol–water partition coefficient (Wildman–Crippen LogP) is 7.58. The number of carbonyl (C=O) groups is 2. The fourth-order valence-corrected chi connectivity index (χ4v) is 4.28. The molecule has 0 radical (unpaired) electrons. The summed E-state index contributed by atoms with van der Waals surface area (Å²) in [5.74, 6) is -0.740. The number of hydrogen-bond donors (Lipinski definition) is 0. The SMILES string of the molecule is CCCCc1ccc(C(=O)OC(C)C(CC)C(CC)OC(=O)c2ccc(CCCC)cc2)cc1. The molecule has 0 spiro atoms. The minimum absolute atomic E-state index is 0.0782. The van der Waals surface area contributed by atoms with Crippen LogP contribution in [0.25, 0.3) is 0 Å². The van der Waals surface area contributed by atoms with Gasteiger partial charge in [-0.2, -0.15) is 0 Å². The quantitative estimate of drug-likeness (QED) is 0.269. The third-order valence-corrected chi connectivity index (χ3v) is 6.52. The van der Waals surface area contributed by atoms with E-state index in [-0.39, 0.29) is 30.1 Å². The summed E-state index contributed by atoms with van der Waals surface area (Å²) in [4.78, 5) is 25.5. The van der Waals surface area contributed by atoms with Crippen LogP contribution in [0.3, 0.4) is 0 Å². The Morgan fingerprint density at radius 2 is 1.12 bits per heavy atom. The van der Waals surface area contributed by atoms with Crippen LogP contribution in [-0.2, 0) is 22.3 Å². The lowest BCUT2D eigenvalue weighted by atomic mass is 9.92. The Morgan fingerprint density at radius 1 is 0.676 bits per heavy atom. The Hall–Kier alpha value is -2.62. The number of hydrogen-bond acceptors (Lipinski definition) is 4. The smallest absolute Gasteiger partial charge is 0.338 e. The molecule has 0 saturated heterocycles. The van der Waals surface area contributed by atoms with Gasteiger partial charge >= 0.3 is 11.9 Å². The number of unbranched alkanes of at least 4 members (excludes halogenated alkanes) is 2. The van der Waals surface area contributed by atoms with Crippen LogP contribution >= 0.6 is 0 Å². The van der Waals surface area contributed by atoms with Crippen LogP contribution < -0.4 is 0 Å². The van der Waals surface area contributed by atoms with Gasteiger partial charge in [0.2, 0.25) is 0 Å². The van der Waals surface area contributed by atoms with Crippen molar-refractivity contribution in [3.05, 3.63) is 70.8 Å². The highest BCUT2D eigenvalue weighted by Gasteiger charge is 2.30. The minimum atomic E-state index is -0.369. The van der Waals surface area contributed by atoms with Gasteiger partial charge in [-0.05, 0) is 80.8 Å². The van der Waals surface area contributed by atoms with Crippen molar-refractivity contribution in [2.24, 2.45) is 5.92 Å². The van der Waals surface area contributed by atoms with E-state index in [1.807, 2.05) is 69.3 Å². The molecule has 4 heteroatoms. The number of esters is 2. The van der Waals surface area contributed by atoms with E-state index < -0.39 is 0 Å². The Balaban J connectivity index is 1.98. The molecule has 2 rings (SSSR count). The molecule has 0 N–H and O–H groups in total. The van der Waals surface area contributed by atoms with Crippen LogP contribution in [0.4, 0.5) is 0 Å². The largest absolute Gasteiger partial charge is 0.459 e. The van der Waals surface area contributed by atoms with Crippen molar-refractivity contribution >= 4 is 11.9 Å². The Kier molecular flexibility index (Phi) is 11.9. The van der Waals surface area contributed by atoms with Crippen molar-refractivity contribution in [1.29, 1.82) is 0 Å². The summed E-state index contributed by atoms with van der Waals surface area (Å²) in [6.45, 7) is 10.3. The molecule has 186 valence electrons. The number of ether oxygens (including phenoxy) is 2. The number of rotatable bonds is 14. The van der Waals surface area contributed by atoms with Crippen LogP contribution in [0.15, 0.2) is 48.5 Å². The van der Waals surface area contributed by atoms with Crippen LogP contribution in [0, 0.1) is 5.92 Å². The molecule has 0 aliphatic heterocycles. The molecular weight excluding hydrogens is 424 g/mol. The van der Waals surface area contributed by atoms with Crippen LogP contribution in [0.5, 0.6) is 0 Å². The van der Waals surface area contributed by atoms with Crippen molar-refractivity contribution in [3.8, 4) is 0 Å². The van der Waals surface area contributed by atoms with Gasteiger partial charge < -0.3 is 9.47 Å². The summed E-state index contributed by atoms with van der Waals surface area (Å²) in [6, 6.07) is 15.4. The first kappa shape index (κ1) is 27.6. The van der Waals surface area contributed by atoms with E-state index in [1.54, 1.807) is 0 Å². The topological polar surface area (TPSA) is 52.6 Å². The summed E-state index contributed by atoms with van der Waals surface area (Å²) in [5, 5.41) is 0. The molecule has 0 aliphatic carbocycles. The maximum absolute atomic E-state index is 12.8. The first-order chi connectivity index (χ1) is 16.4. The zero-order valence-corrected chi connectivity index (χ0v) is 21.6. The van der Waals surface area contributed by atoms with E-state index in [0.29, 0.717) is 17.5 Å². The molecule has 0 saturated carbocycles. The third-order valence-electron chi connectivity index (χ3n) is 6.52. The molecule has 2 aromatic carbocycles. The number of carbonyl (C=O) groups excluding carboxylic acids is 2. The summed E-state index contributed by atoms with van der Waals surface area (Å²) in [6.07, 6.45) is 7.32. The zero-order valence-electron chi connectivity index (χ0n) is 21.6. The first-order valence-corrected chi connectivity index (χ1v) is 13.0. The second-order valence-electron chi connectivity index (χ2n) is 9.14. The molecule has 3 atom stereocenters. The van der Waals surface area contributed by atoms with Gasteiger partial charge in [0.1, 0.15) is 12.2 Å². The van der Waals surface area contributed by atoms with Crippen molar-refractivity contribution in [2.45, 2.75) is 98.2 Å². The highest BCUT2D eigenvalue weighted by atomic mass is 16.6. The fraction of sp³-hybridized carbons (Fsp3) is 0.533. The van der Waals surface area contributed by atoms with Gasteiger partial charge in [-0.1, -0.05) is 64.8 Å². The Bertz CT molecular complexity index is 870. The zero-order chi connectivity index (χ0) is 24.9. The maximum atomic E-state index is 12.8. The van der Waals surface area contributed by atoms with Crippen molar-refractivity contribution < 1.29 is 19.1 Å². The third kappa shape index (κ3) is 8.30. The highest BCUT2D eigenvalue weighted by Crippen LogP contribution is 2.24. The van der Waals surface area contributed by atoms with Gasteiger partial charge in [0.25, 0.3) is 0 Å². The lowest BCUT2D eigenvalue weighted by molar-refractivity contribution is -0.0298. The minimum Gasteiger partial charge on any atom is -0.459 e. The summed E-state index contributed by atoms with van der Waals surface area (Å²) < 4.78 is 11.7. The standard InChI is InChI=1S/C30H42O4/c1-6-10-12-23-14-18-25(19-15-23)29(31)33-22(5)27(8-3)28(9-4)34-30(32)26-20-16-24(17-21-26)13-11-7-2/h14-22,27-28H,6-13H2,1-5H3. The lowest BCUT2D eigenvalue weighted by Crippen LogP contribution is -2.36. The second-order valence-corrected chi connectivity index (χ2v) is 9.14. The van der Waals surface area contributed by atoms with Crippen molar-refractivity contribution in [1.82, 2.24) is 0 Å². The average molecular weight is 467 g/mol.